The number of nitrogens with one attached hydrogen (secondary N) is 1. The van der Waals surface area contributed by atoms with Crippen LogP contribution in [0.3, 0.4) is 0 Å². The number of hydrogen-bond acceptors (Lipinski definition) is 6. The zero-order valence-corrected chi connectivity index (χ0v) is 11.6. The van der Waals surface area contributed by atoms with Crippen molar-refractivity contribution < 1.29 is 19.4 Å². The number of nitrogens with zero attached hydrogens (tertiary/aromatic N) is 1. The monoisotopic (exact) mass is 284 g/mol. The normalized spacial score (nSPS) is 17.6. The fraction of sp³-hybridized carbons (Fsp3) is 0.500. The molecule has 1 aromatic heterocycles. The molecular formula is C12H16N2O4S. The number of thiophene rings is 1. The summed E-state index contributed by atoms with van der Waals surface area (Å²) in [6.45, 7) is 2.89. The Morgan fingerprint density at radius 1 is 1.58 bits per heavy atom. The highest BCUT2D eigenvalue weighted by Crippen LogP contribution is 2.24. The van der Waals surface area contributed by atoms with Crippen LogP contribution in [0.25, 0.3) is 0 Å². The third kappa shape index (κ3) is 3.31. The molecule has 2 rings (SSSR count). The Hall–Kier alpha value is -1.44. The van der Waals surface area contributed by atoms with Gasteiger partial charge in [0.1, 0.15) is 4.88 Å². The van der Waals surface area contributed by atoms with Gasteiger partial charge in [-0.15, -0.1) is 11.3 Å². The van der Waals surface area contributed by atoms with E-state index in [1.807, 2.05) is 4.90 Å². The van der Waals surface area contributed by atoms with Crippen LogP contribution in [-0.4, -0.2) is 54.2 Å². The van der Waals surface area contributed by atoms with Crippen LogP contribution in [0.1, 0.15) is 16.6 Å². The van der Waals surface area contributed by atoms with Crippen molar-refractivity contribution in [2.24, 2.45) is 0 Å². The minimum atomic E-state index is -0.695. The molecule has 0 aliphatic carbocycles. The lowest BCUT2D eigenvalue weighted by Crippen LogP contribution is -2.61. The Morgan fingerprint density at radius 3 is 2.84 bits per heavy atom. The first-order chi connectivity index (χ1) is 8.91. The predicted octanol–water partition coefficient (Wildman–Crippen LogP) is 0.540. The number of ether oxygens (including phenoxy) is 1. The van der Waals surface area contributed by atoms with Crippen molar-refractivity contribution in [3.05, 3.63) is 16.3 Å². The van der Waals surface area contributed by atoms with E-state index in [-0.39, 0.29) is 12.5 Å². The van der Waals surface area contributed by atoms with Gasteiger partial charge in [-0.25, -0.2) is 4.79 Å². The van der Waals surface area contributed by atoms with Gasteiger partial charge in [0, 0.05) is 13.1 Å². The van der Waals surface area contributed by atoms with Crippen molar-refractivity contribution in [3.8, 4) is 0 Å². The van der Waals surface area contributed by atoms with Gasteiger partial charge in [-0.05, 0) is 18.4 Å². The number of carbonyl (C=O) groups excluding carboxylic acids is 2. The fourth-order valence-corrected chi connectivity index (χ4v) is 2.85. The van der Waals surface area contributed by atoms with Gasteiger partial charge in [0.25, 0.3) is 0 Å². The number of aliphatic hydroxyl groups is 1. The maximum Gasteiger partial charge on any atom is 0.350 e. The molecule has 0 bridgehead atoms. The van der Waals surface area contributed by atoms with Crippen molar-refractivity contribution in [2.45, 2.75) is 12.5 Å². The first-order valence-corrected chi connectivity index (χ1v) is 6.70. The average molecular weight is 284 g/mol. The Labute approximate surface area is 115 Å². The van der Waals surface area contributed by atoms with Crippen molar-refractivity contribution in [1.82, 2.24) is 4.90 Å². The molecule has 1 aliphatic heterocycles. The minimum absolute atomic E-state index is 0.201. The minimum Gasteiger partial charge on any atom is -0.465 e. The number of esters is 1. The lowest BCUT2D eigenvalue weighted by molar-refractivity contribution is -0.125. The molecule has 19 heavy (non-hydrogen) atoms. The molecule has 1 aromatic rings. The van der Waals surface area contributed by atoms with E-state index < -0.39 is 11.6 Å². The predicted molar refractivity (Wildman–Crippen MR) is 71.4 cm³/mol. The van der Waals surface area contributed by atoms with Crippen molar-refractivity contribution >= 4 is 28.9 Å². The van der Waals surface area contributed by atoms with E-state index in [2.05, 4.69) is 10.1 Å². The quantitative estimate of drug-likeness (QED) is 0.789. The highest BCUT2D eigenvalue weighted by Gasteiger charge is 2.37. The molecule has 104 valence electrons. The number of rotatable bonds is 4. The number of β-amino-alcohol motifs (C(OH)–C–C–N with tert-alkyl or cyclic N) is 1. The van der Waals surface area contributed by atoms with Crippen molar-refractivity contribution in [2.75, 3.05) is 32.1 Å². The first kappa shape index (κ1) is 14.0. The topological polar surface area (TPSA) is 78.9 Å². The molecule has 1 aliphatic rings. The molecule has 7 heteroatoms. The van der Waals surface area contributed by atoms with Gasteiger partial charge in [0.05, 0.1) is 24.9 Å². The first-order valence-electron chi connectivity index (χ1n) is 5.82. The SMILES string of the molecule is COC(=O)c1sccc1NC(=O)CN1CC(C)(O)C1. The fourth-order valence-electron chi connectivity index (χ4n) is 2.08. The molecule has 0 unspecified atom stereocenters. The maximum absolute atomic E-state index is 11.8. The van der Waals surface area contributed by atoms with E-state index >= 15 is 0 Å². The summed E-state index contributed by atoms with van der Waals surface area (Å²) in [5.74, 6) is -0.670. The summed E-state index contributed by atoms with van der Waals surface area (Å²) in [6, 6.07) is 1.67. The lowest BCUT2D eigenvalue weighted by atomic mass is 9.97. The van der Waals surface area contributed by atoms with Gasteiger partial charge in [0.15, 0.2) is 0 Å². The van der Waals surface area contributed by atoms with E-state index in [1.165, 1.54) is 18.4 Å². The summed E-state index contributed by atoms with van der Waals surface area (Å²) >= 11 is 1.22. The van der Waals surface area contributed by atoms with Gasteiger partial charge in [-0.3, -0.25) is 9.69 Å². The number of amides is 1. The Bertz CT molecular complexity index is 490. The Balaban J connectivity index is 1.89. The molecule has 1 fully saturated rings. The van der Waals surface area contributed by atoms with Crippen LogP contribution < -0.4 is 5.32 Å². The summed E-state index contributed by atoms with van der Waals surface area (Å²) in [7, 11) is 1.30. The van der Waals surface area contributed by atoms with Crippen LogP contribution in [0.2, 0.25) is 0 Å². The van der Waals surface area contributed by atoms with Gasteiger partial charge in [0.2, 0.25) is 5.91 Å². The second-order valence-electron chi connectivity index (χ2n) is 4.85. The number of likely N-dealkylation sites (tertiary alicyclic amines) is 1. The maximum atomic E-state index is 11.8. The van der Waals surface area contributed by atoms with E-state index in [4.69, 9.17) is 0 Å². The zero-order valence-electron chi connectivity index (χ0n) is 10.8. The molecule has 0 spiro atoms. The molecule has 2 heterocycles. The molecule has 1 amide bonds. The number of carbonyl (C=O) groups is 2. The highest BCUT2D eigenvalue weighted by molar-refractivity contribution is 7.12. The summed E-state index contributed by atoms with van der Waals surface area (Å²) in [5.41, 5.74) is -0.228. The summed E-state index contributed by atoms with van der Waals surface area (Å²) in [5, 5.41) is 14.0. The van der Waals surface area contributed by atoms with Crippen LogP contribution in [0.5, 0.6) is 0 Å². The van der Waals surface area contributed by atoms with E-state index in [9.17, 15) is 14.7 Å². The van der Waals surface area contributed by atoms with Gasteiger partial charge < -0.3 is 15.2 Å². The zero-order chi connectivity index (χ0) is 14.0. The Morgan fingerprint density at radius 2 is 2.26 bits per heavy atom. The van der Waals surface area contributed by atoms with Crippen molar-refractivity contribution in [1.29, 1.82) is 0 Å². The molecule has 0 aromatic carbocycles. The van der Waals surface area contributed by atoms with Crippen LogP contribution in [0.15, 0.2) is 11.4 Å². The van der Waals surface area contributed by atoms with E-state index in [0.717, 1.165) is 0 Å². The second kappa shape index (κ2) is 5.28. The molecule has 1 saturated heterocycles. The smallest absolute Gasteiger partial charge is 0.350 e. The molecule has 0 radical (unpaired) electrons. The van der Waals surface area contributed by atoms with Crippen molar-refractivity contribution in [3.63, 3.8) is 0 Å². The molecule has 0 atom stereocenters. The molecule has 2 N–H and O–H groups in total. The summed E-state index contributed by atoms with van der Waals surface area (Å²) in [4.78, 5) is 25.5. The largest absolute Gasteiger partial charge is 0.465 e. The second-order valence-corrected chi connectivity index (χ2v) is 5.76. The summed E-state index contributed by atoms with van der Waals surface area (Å²) < 4.78 is 4.63. The van der Waals surface area contributed by atoms with E-state index in [0.29, 0.717) is 23.7 Å². The number of hydrogen-bond donors (Lipinski definition) is 2. The standard InChI is InChI=1S/C12H16N2O4S/c1-12(17)6-14(7-12)5-9(15)13-8-3-4-19-10(8)11(16)18-2/h3-4,17H,5-7H2,1-2H3,(H,13,15). The van der Waals surface area contributed by atoms with E-state index in [1.54, 1.807) is 18.4 Å². The average Bonchev–Trinajstić information content (AvgIpc) is 2.73. The molecule has 6 nitrogen and oxygen atoms in total. The van der Waals surface area contributed by atoms with Crippen LogP contribution >= 0.6 is 11.3 Å². The molecule has 0 saturated carbocycles. The van der Waals surface area contributed by atoms with Gasteiger partial charge in [-0.2, -0.15) is 0 Å². The summed E-state index contributed by atoms with van der Waals surface area (Å²) in [6.07, 6.45) is 0. The van der Waals surface area contributed by atoms with Crippen LogP contribution in [0, 0.1) is 0 Å². The number of anilines is 1. The lowest BCUT2D eigenvalue weighted by Gasteiger charge is -2.43. The third-order valence-corrected chi connectivity index (χ3v) is 3.70. The van der Waals surface area contributed by atoms with Crippen LogP contribution in [0.4, 0.5) is 5.69 Å². The van der Waals surface area contributed by atoms with Gasteiger partial charge in [-0.1, -0.05) is 0 Å². The number of methoxy groups -OCH3 is 1. The highest BCUT2D eigenvalue weighted by atomic mass is 32.1. The molecular weight excluding hydrogens is 268 g/mol. The van der Waals surface area contributed by atoms with Gasteiger partial charge >= 0.3 is 5.97 Å². The van der Waals surface area contributed by atoms with Crippen LogP contribution in [-0.2, 0) is 9.53 Å². The Kier molecular flexibility index (Phi) is 3.88. The third-order valence-electron chi connectivity index (χ3n) is 2.81.